The second kappa shape index (κ2) is 20.3. The summed E-state index contributed by atoms with van der Waals surface area (Å²) in [4.78, 5) is 71.2. The van der Waals surface area contributed by atoms with Crippen LogP contribution in [0.25, 0.3) is 0 Å². The Hall–Kier alpha value is -4.49. The fourth-order valence-corrected chi connectivity index (χ4v) is 7.20. The molecule has 54 heavy (non-hydrogen) atoms. The summed E-state index contributed by atoms with van der Waals surface area (Å²) in [6.07, 6.45) is 3.59. The van der Waals surface area contributed by atoms with Crippen LogP contribution in [0.5, 0.6) is 0 Å². The molecule has 7 N–H and O–H groups in total. The number of amides is 5. The lowest BCUT2D eigenvalue weighted by atomic mass is 9.72. The van der Waals surface area contributed by atoms with Crippen molar-refractivity contribution in [3.63, 3.8) is 0 Å². The van der Waals surface area contributed by atoms with Crippen LogP contribution in [0.15, 0.2) is 60.7 Å². The molecule has 4 rings (SSSR count). The van der Waals surface area contributed by atoms with Gasteiger partial charge < -0.3 is 42.0 Å². The monoisotopic (exact) mass is 747 g/mol. The molecule has 2 saturated heterocycles. The van der Waals surface area contributed by atoms with Crippen molar-refractivity contribution < 1.29 is 28.7 Å². The number of hydrogen-bond donors (Lipinski definition) is 5. The van der Waals surface area contributed by atoms with Crippen LogP contribution in [0.4, 0.5) is 4.79 Å². The van der Waals surface area contributed by atoms with Gasteiger partial charge in [-0.2, -0.15) is 0 Å². The van der Waals surface area contributed by atoms with Gasteiger partial charge in [-0.3, -0.25) is 19.2 Å². The highest BCUT2D eigenvalue weighted by molar-refractivity contribution is 5.95. The van der Waals surface area contributed by atoms with Gasteiger partial charge in [-0.1, -0.05) is 74.5 Å². The normalized spacial score (nSPS) is 17.3. The summed E-state index contributed by atoms with van der Waals surface area (Å²) < 4.78 is 5.34. The van der Waals surface area contributed by atoms with E-state index in [4.69, 9.17) is 16.2 Å². The molecular weight excluding hydrogens is 686 g/mol. The summed E-state index contributed by atoms with van der Waals surface area (Å²) in [7, 11) is 0. The summed E-state index contributed by atoms with van der Waals surface area (Å²) in [5, 5.41) is 8.74. The zero-order valence-electron chi connectivity index (χ0n) is 32.4. The van der Waals surface area contributed by atoms with Gasteiger partial charge in [-0.25, -0.2) is 4.79 Å². The van der Waals surface area contributed by atoms with Crippen molar-refractivity contribution in [3.8, 4) is 0 Å². The van der Waals surface area contributed by atoms with Crippen LogP contribution in [-0.4, -0.2) is 103 Å². The van der Waals surface area contributed by atoms with Gasteiger partial charge >= 0.3 is 6.09 Å². The first-order chi connectivity index (χ1) is 25.8. The number of unbranched alkanes of at least 4 members (excludes halogenated alkanes) is 1. The van der Waals surface area contributed by atoms with Crippen LogP contribution in [0.3, 0.4) is 0 Å². The molecule has 4 atom stereocenters. The van der Waals surface area contributed by atoms with Crippen molar-refractivity contribution in [2.24, 2.45) is 22.8 Å². The average Bonchev–Trinajstić information content (AvgIpc) is 3.13. The molecule has 0 bridgehead atoms. The van der Waals surface area contributed by atoms with E-state index >= 15 is 0 Å². The van der Waals surface area contributed by atoms with Crippen molar-refractivity contribution >= 4 is 29.7 Å². The quantitative estimate of drug-likeness (QED) is 0.144. The Morgan fingerprint density at radius 3 is 1.81 bits per heavy atom. The molecule has 5 amide bonds. The first-order valence-corrected chi connectivity index (χ1v) is 19.5. The van der Waals surface area contributed by atoms with Crippen LogP contribution in [0.2, 0.25) is 0 Å². The second-order valence-corrected chi connectivity index (χ2v) is 15.7. The van der Waals surface area contributed by atoms with E-state index in [0.717, 1.165) is 24.0 Å². The Kier molecular flexibility index (Phi) is 15.9. The van der Waals surface area contributed by atoms with Crippen LogP contribution >= 0.6 is 0 Å². The Bertz CT molecular complexity index is 1520. The van der Waals surface area contributed by atoms with Crippen LogP contribution in [0, 0.1) is 11.3 Å². The zero-order chi connectivity index (χ0) is 39.3. The van der Waals surface area contributed by atoms with Crippen molar-refractivity contribution in [2.75, 3.05) is 32.7 Å². The third kappa shape index (κ3) is 12.5. The molecule has 13 nitrogen and oxygen atoms in total. The number of carbonyl (C=O) groups is 5. The van der Waals surface area contributed by atoms with Crippen molar-refractivity contribution in [3.05, 3.63) is 71.8 Å². The molecule has 0 unspecified atom stereocenters. The topological polar surface area (TPSA) is 189 Å². The lowest BCUT2D eigenvalue weighted by molar-refractivity contribution is -0.141. The Balaban J connectivity index is 1.43. The fraction of sp³-hybridized carbons (Fsp3) is 0.585. The van der Waals surface area contributed by atoms with Gasteiger partial charge in [0.2, 0.25) is 23.6 Å². The average molecular weight is 748 g/mol. The number of carbonyl (C=O) groups excluding carboxylic acids is 5. The van der Waals surface area contributed by atoms with E-state index in [1.54, 1.807) is 9.80 Å². The number of likely N-dealkylation sites (tertiary alicyclic amines) is 2. The molecule has 1 spiro atoms. The summed E-state index contributed by atoms with van der Waals surface area (Å²) in [6.45, 7) is 10.3. The van der Waals surface area contributed by atoms with E-state index in [1.807, 2.05) is 88.4 Å². The maximum Gasteiger partial charge on any atom is 0.410 e. The fourth-order valence-electron chi connectivity index (χ4n) is 7.20. The number of ether oxygens (including phenoxy) is 1. The number of nitrogens with two attached hydrogens (primary N) is 2. The number of hydrogen-bond acceptors (Lipinski definition) is 8. The first-order valence-electron chi connectivity index (χ1n) is 19.5. The maximum atomic E-state index is 14.0. The standard InChI is InChI=1S/C41H61N7O6/c1-28(2)23-34(46-38(51)35(25-31-15-9-6-10-16-31)45-36(49)32(43)24-30-13-7-5-8-14-30)37(50)44-33(17-11-12-20-42)39(52)47-21-18-41(19-22-47)26-48(27-41)40(53)54-29(3)4/h5-10,13-16,28-29,32-35H,11-12,17-27,42-43H2,1-4H3,(H,44,50)(H,45,49)(H,46,51)/t32-,33-,34-,35-/m1/s1. The molecule has 2 heterocycles. The van der Waals surface area contributed by atoms with Gasteiger partial charge in [0.1, 0.15) is 18.1 Å². The van der Waals surface area contributed by atoms with Gasteiger partial charge in [0.25, 0.3) is 0 Å². The Morgan fingerprint density at radius 2 is 1.26 bits per heavy atom. The minimum absolute atomic E-state index is 0.0328. The third-order valence-corrected chi connectivity index (χ3v) is 10.2. The minimum atomic E-state index is -0.999. The van der Waals surface area contributed by atoms with Crippen LogP contribution in [-0.2, 0) is 36.8 Å². The van der Waals surface area contributed by atoms with E-state index in [-0.39, 0.29) is 35.9 Å². The summed E-state index contributed by atoms with van der Waals surface area (Å²) in [5.41, 5.74) is 13.8. The van der Waals surface area contributed by atoms with Gasteiger partial charge in [-0.15, -0.1) is 0 Å². The lowest BCUT2D eigenvalue weighted by Crippen LogP contribution is -2.63. The first kappa shape index (κ1) is 42.3. The van der Waals surface area contributed by atoms with Crippen molar-refractivity contribution in [2.45, 2.75) is 109 Å². The number of rotatable bonds is 18. The van der Waals surface area contributed by atoms with E-state index in [0.29, 0.717) is 64.8 Å². The number of nitrogens with zero attached hydrogens (tertiary/aromatic N) is 2. The second-order valence-electron chi connectivity index (χ2n) is 15.7. The van der Waals surface area contributed by atoms with Crippen LogP contribution in [0.1, 0.15) is 77.3 Å². The largest absolute Gasteiger partial charge is 0.447 e. The molecule has 2 aromatic carbocycles. The molecule has 2 aliphatic heterocycles. The molecule has 0 radical (unpaired) electrons. The van der Waals surface area contributed by atoms with E-state index < -0.39 is 41.9 Å². The van der Waals surface area contributed by atoms with Gasteiger partial charge in [0, 0.05) is 38.0 Å². The summed E-state index contributed by atoms with van der Waals surface area (Å²) >= 11 is 0. The van der Waals surface area contributed by atoms with E-state index in [1.165, 1.54) is 0 Å². The third-order valence-electron chi connectivity index (χ3n) is 10.2. The van der Waals surface area contributed by atoms with E-state index in [9.17, 15) is 24.0 Å². The Morgan fingerprint density at radius 1 is 0.722 bits per heavy atom. The summed E-state index contributed by atoms with van der Waals surface area (Å²) in [5.74, 6) is -1.58. The predicted octanol–water partition coefficient (Wildman–Crippen LogP) is 2.90. The molecule has 0 saturated carbocycles. The molecular formula is C41H61N7O6. The molecule has 2 aromatic rings. The SMILES string of the molecule is CC(C)C[C@@H](NC(=O)[C@@H](Cc1ccccc1)NC(=O)[C@H](N)Cc1ccccc1)C(=O)N[C@H](CCCCN)C(=O)N1CCC2(CC1)CN(C(=O)OC(C)C)C2. The highest BCUT2D eigenvalue weighted by Crippen LogP contribution is 2.41. The molecule has 296 valence electrons. The van der Waals surface area contributed by atoms with Crippen molar-refractivity contribution in [1.29, 1.82) is 0 Å². The van der Waals surface area contributed by atoms with Crippen molar-refractivity contribution in [1.82, 2.24) is 25.8 Å². The predicted molar refractivity (Wildman–Crippen MR) is 208 cm³/mol. The molecule has 2 fully saturated rings. The molecule has 0 aliphatic carbocycles. The maximum absolute atomic E-state index is 14.0. The summed E-state index contributed by atoms with van der Waals surface area (Å²) in [6, 6.07) is 15.1. The molecule has 0 aromatic heterocycles. The number of benzene rings is 2. The van der Waals surface area contributed by atoms with Gasteiger partial charge in [-0.05, 0) is 82.4 Å². The van der Waals surface area contributed by atoms with Crippen LogP contribution < -0.4 is 27.4 Å². The highest BCUT2D eigenvalue weighted by atomic mass is 16.6. The van der Waals surface area contributed by atoms with Gasteiger partial charge in [0.15, 0.2) is 0 Å². The highest BCUT2D eigenvalue weighted by Gasteiger charge is 2.48. The minimum Gasteiger partial charge on any atom is -0.447 e. The van der Waals surface area contributed by atoms with Gasteiger partial charge in [0.05, 0.1) is 12.1 Å². The number of nitrogens with one attached hydrogen (secondary N) is 3. The molecule has 2 aliphatic rings. The Labute approximate surface area is 320 Å². The smallest absolute Gasteiger partial charge is 0.410 e. The number of piperidine rings is 1. The zero-order valence-corrected chi connectivity index (χ0v) is 32.4. The lowest BCUT2D eigenvalue weighted by Gasteiger charge is -2.53. The van der Waals surface area contributed by atoms with E-state index in [2.05, 4.69) is 16.0 Å². The molecule has 13 heteroatoms.